The highest BCUT2D eigenvalue weighted by molar-refractivity contribution is 5.98. The second kappa shape index (κ2) is 8.12. The van der Waals surface area contributed by atoms with Gasteiger partial charge in [0, 0.05) is 41.2 Å². The van der Waals surface area contributed by atoms with Gasteiger partial charge in [0.25, 0.3) is 0 Å². The van der Waals surface area contributed by atoms with Gasteiger partial charge >= 0.3 is 5.97 Å². The molecule has 0 atom stereocenters. The number of para-hydroxylation sites is 1. The number of aromatic nitrogens is 3. The lowest BCUT2D eigenvalue weighted by atomic mass is 9.98. The maximum atomic E-state index is 12.0. The van der Waals surface area contributed by atoms with E-state index in [1.54, 1.807) is 0 Å². The lowest BCUT2D eigenvalue weighted by Crippen LogP contribution is -2.02. The van der Waals surface area contributed by atoms with Gasteiger partial charge in [0.1, 0.15) is 5.69 Å². The second-order valence-electron chi connectivity index (χ2n) is 8.27. The van der Waals surface area contributed by atoms with Gasteiger partial charge in [-0.3, -0.25) is 5.10 Å². The summed E-state index contributed by atoms with van der Waals surface area (Å²) in [5.74, 6) is 0.319. The number of benzene rings is 3. The highest BCUT2D eigenvalue weighted by atomic mass is 16.7. The minimum absolute atomic E-state index is 0.0903. The maximum Gasteiger partial charge on any atom is 0.354 e. The number of H-pyrrole nitrogens is 1. The molecule has 3 heterocycles. The van der Waals surface area contributed by atoms with Gasteiger partial charge in [0.15, 0.2) is 11.5 Å². The molecule has 3 aromatic carbocycles. The minimum atomic E-state index is -1.04. The molecule has 0 aliphatic carbocycles. The molecule has 7 heteroatoms. The molecule has 0 bridgehead atoms. The number of fused-ring (bicyclic) bond motifs is 2. The highest BCUT2D eigenvalue weighted by Gasteiger charge is 2.24. The lowest BCUT2D eigenvalue weighted by Gasteiger charge is -2.06. The summed E-state index contributed by atoms with van der Waals surface area (Å²) in [6, 6.07) is 24.0. The molecule has 0 radical (unpaired) electrons. The Balaban J connectivity index is 1.46. The van der Waals surface area contributed by atoms with Gasteiger partial charge < -0.3 is 19.1 Å². The fraction of sp³-hybridized carbons (Fsp3) is 0.111. The van der Waals surface area contributed by atoms with Crippen molar-refractivity contribution in [3.8, 4) is 22.8 Å². The van der Waals surface area contributed by atoms with Crippen LogP contribution in [-0.4, -0.2) is 32.6 Å². The van der Waals surface area contributed by atoms with Crippen molar-refractivity contribution >= 4 is 16.9 Å². The van der Waals surface area contributed by atoms with Crippen molar-refractivity contribution in [1.82, 2.24) is 14.8 Å². The van der Waals surface area contributed by atoms with E-state index in [0.717, 1.165) is 22.0 Å². The number of rotatable bonds is 6. The molecule has 34 heavy (non-hydrogen) atoms. The van der Waals surface area contributed by atoms with Crippen molar-refractivity contribution < 1.29 is 19.4 Å². The molecule has 0 amide bonds. The maximum absolute atomic E-state index is 12.0. The lowest BCUT2D eigenvalue weighted by molar-refractivity contribution is 0.0689. The summed E-state index contributed by atoms with van der Waals surface area (Å²) < 4.78 is 13.1. The molecule has 0 saturated carbocycles. The molecule has 168 valence electrons. The van der Waals surface area contributed by atoms with Gasteiger partial charge in [-0.05, 0) is 29.3 Å². The third-order valence-electron chi connectivity index (χ3n) is 6.14. The Hall–Kier alpha value is -4.52. The van der Waals surface area contributed by atoms with E-state index in [4.69, 9.17) is 9.47 Å². The third-order valence-corrected chi connectivity index (χ3v) is 6.14. The van der Waals surface area contributed by atoms with Crippen molar-refractivity contribution in [1.29, 1.82) is 0 Å². The zero-order chi connectivity index (χ0) is 23.1. The molecule has 0 unspecified atom stereocenters. The van der Waals surface area contributed by atoms with Gasteiger partial charge in [-0.1, -0.05) is 54.6 Å². The summed E-state index contributed by atoms with van der Waals surface area (Å²) in [5.41, 5.74) is 5.42. The van der Waals surface area contributed by atoms with E-state index in [0.29, 0.717) is 35.7 Å². The number of hydrogen-bond acceptors (Lipinski definition) is 4. The highest BCUT2D eigenvalue weighted by Crippen LogP contribution is 2.36. The molecule has 6 rings (SSSR count). The van der Waals surface area contributed by atoms with Gasteiger partial charge in [-0.25, -0.2) is 4.79 Å². The average molecular weight is 451 g/mol. The fourth-order valence-corrected chi connectivity index (χ4v) is 4.54. The topological polar surface area (TPSA) is 89.4 Å². The van der Waals surface area contributed by atoms with Crippen molar-refractivity contribution in [3.05, 3.63) is 101 Å². The first-order chi connectivity index (χ1) is 16.7. The minimum Gasteiger partial charge on any atom is -0.477 e. The Labute approximate surface area is 195 Å². The summed E-state index contributed by atoms with van der Waals surface area (Å²) in [5, 5.41) is 18.1. The van der Waals surface area contributed by atoms with Crippen LogP contribution in [0.25, 0.3) is 22.2 Å². The van der Waals surface area contributed by atoms with Crippen LogP contribution in [-0.2, 0) is 13.0 Å². The summed E-state index contributed by atoms with van der Waals surface area (Å²) in [4.78, 5) is 12.0. The molecule has 2 aromatic heterocycles. The van der Waals surface area contributed by atoms with Gasteiger partial charge in [0.05, 0.1) is 5.69 Å². The van der Waals surface area contributed by atoms with Crippen LogP contribution in [0.5, 0.6) is 11.5 Å². The van der Waals surface area contributed by atoms with Crippen LogP contribution in [0.1, 0.15) is 27.2 Å². The number of nitrogens with one attached hydrogen (secondary N) is 1. The van der Waals surface area contributed by atoms with Crippen LogP contribution < -0.4 is 9.47 Å². The zero-order valence-electron chi connectivity index (χ0n) is 18.2. The van der Waals surface area contributed by atoms with E-state index in [1.165, 1.54) is 5.56 Å². The number of aromatic carboxylic acids is 1. The van der Waals surface area contributed by atoms with Crippen molar-refractivity contribution in [2.75, 3.05) is 6.79 Å². The van der Waals surface area contributed by atoms with E-state index in [2.05, 4.69) is 39.2 Å². The molecule has 0 spiro atoms. The quantitative estimate of drug-likeness (QED) is 0.375. The Morgan fingerprint density at radius 3 is 2.62 bits per heavy atom. The van der Waals surface area contributed by atoms with E-state index >= 15 is 0 Å². The molecule has 2 N–H and O–H groups in total. The van der Waals surface area contributed by atoms with Crippen LogP contribution in [0, 0.1) is 0 Å². The Bertz CT molecular complexity index is 1520. The summed E-state index contributed by atoms with van der Waals surface area (Å²) >= 11 is 0. The van der Waals surface area contributed by atoms with Crippen molar-refractivity contribution in [3.63, 3.8) is 0 Å². The van der Waals surface area contributed by atoms with Crippen LogP contribution >= 0.6 is 0 Å². The molecule has 7 nitrogen and oxygen atoms in total. The smallest absolute Gasteiger partial charge is 0.354 e. The number of hydrogen-bond donors (Lipinski definition) is 2. The molecular weight excluding hydrogens is 430 g/mol. The molecule has 0 fully saturated rings. The van der Waals surface area contributed by atoms with Crippen LogP contribution in [0.3, 0.4) is 0 Å². The van der Waals surface area contributed by atoms with Gasteiger partial charge in [-0.15, -0.1) is 0 Å². The molecule has 0 saturated heterocycles. The predicted octanol–water partition coefficient (Wildman–Crippen LogP) is 5.10. The van der Waals surface area contributed by atoms with E-state index in [1.807, 2.05) is 54.6 Å². The normalized spacial score (nSPS) is 12.4. The predicted molar refractivity (Wildman–Crippen MR) is 127 cm³/mol. The number of ether oxygens (including phenoxy) is 2. The van der Waals surface area contributed by atoms with Crippen LogP contribution in [0.4, 0.5) is 0 Å². The number of carbonyl (C=O) groups is 1. The second-order valence-corrected chi connectivity index (χ2v) is 8.27. The molecule has 5 aromatic rings. The Morgan fingerprint density at radius 2 is 1.76 bits per heavy atom. The van der Waals surface area contributed by atoms with Crippen LogP contribution in [0.2, 0.25) is 0 Å². The zero-order valence-corrected chi connectivity index (χ0v) is 18.2. The van der Waals surface area contributed by atoms with Gasteiger partial charge in [0.2, 0.25) is 6.79 Å². The standard InChI is InChI=1S/C27H21N3O4/c31-27(32)26-20(12-18-10-11-23-24(13-18)34-16-33-23)25(28-29-26)21-15-30(14-17-6-2-1-3-7-17)22-9-5-4-8-19(21)22/h1-11,13,15H,12,14,16H2,(H,28,29)(H,31,32). The average Bonchev–Trinajstić information content (AvgIpc) is 3.57. The fourth-order valence-electron chi connectivity index (χ4n) is 4.54. The van der Waals surface area contributed by atoms with E-state index in [9.17, 15) is 9.90 Å². The monoisotopic (exact) mass is 451 g/mol. The first kappa shape index (κ1) is 20.1. The van der Waals surface area contributed by atoms with E-state index < -0.39 is 5.97 Å². The van der Waals surface area contributed by atoms with Crippen molar-refractivity contribution in [2.45, 2.75) is 13.0 Å². The number of carboxylic acid groups (broad SMARTS) is 1. The van der Waals surface area contributed by atoms with Gasteiger partial charge in [-0.2, -0.15) is 5.10 Å². The number of carboxylic acids is 1. The SMILES string of the molecule is O=C(O)c1[nH]nc(-c2cn(Cc3ccccc3)c3ccccc23)c1Cc1ccc2c(c1)OCO2. The van der Waals surface area contributed by atoms with Crippen molar-refractivity contribution in [2.24, 2.45) is 0 Å². The Morgan fingerprint density at radius 1 is 0.971 bits per heavy atom. The first-order valence-electron chi connectivity index (χ1n) is 11.0. The van der Waals surface area contributed by atoms with E-state index in [-0.39, 0.29) is 12.5 Å². The summed E-state index contributed by atoms with van der Waals surface area (Å²) in [7, 11) is 0. The summed E-state index contributed by atoms with van der Waals surface area (Å²) in [6.45, 7) is 0.895. The first-order valence-corrected chi connectivity index (χ1v) is 11.0. The largest absolute Gasteiger partial charge is 0.477 e. The number of nitrogens with zero attached hydrogens (tertiary/aromatic N) is 2. The summed E-state index contributed by atoms with van der Waals surface area (Å²) in [6.07, 6.45) is 2.45. The third kappa shape index (κ3) is 3.47. The molecule has 1 aliphatic heterocycles. The number of aromatic amines is 1. The molecule has 1 aliphatic rings. The Kier molecular flexibility index (Phi) is 4.80. The van der Waals surface area contributed by atoms with Crippen LogP contribution in [0.15, 0.2) is 79.0 Å². The molecular formula is C27H21N3O4.